The van der Waals surface area contributed by atoms with Gasteiger partial charge in [0, 0.05) is 6.54 Å². The Morgan fingerprint density at radius 1 is 1.33 bits per heavy atom. The minimum Gasteiger partial charge on any atom is -0.465 e. The van der Waals surface area contributed by atoms with Gasteiger partial charge in [0.1, 0.15) is 0 Å². The van der Waals surface area contributed by atoms with E-state index in [1.54, 1.807) is 19.0 Å². The number of rotatable bonds is 3. The van der Waals surface area contributed by atoms with E-state index >= 15 is 0 Å². The summed E-state index contributed by atoms with van der Waals surface area (Å²) in [4.78, 5) is 12.9. The molecule has 0 aliphatic heterocycles. The molecule has 0 bridgehead atoms. The number of methoxy groups -OCH3 is 1. The van der Waals surface area contributed by atoms with Gasteiger partial charge in [-0.15, -0.1) is 0 Å². The summed E-state index contributed by atoms with van der Waals surface area (Å²) in [5.41, 5.74) is -0.786. The maximum absolute atomic E-state index is 12.9. The first-order valence-corrected chi connectivity index (χ1v) is 5.19. The van der Waals surface area contributed by atoms with Gasteiger partial charge in [-0.1, -0.05) is 6.07 Å². The second-order valence-electron chi connectivity index (χ2n) is 4.10. The molecular formula is C12H14F3NO2. The number of hydrogen-bond donors (Lipinski definition) is 0. The number of ether oxygens (including phenoxy) is 1. The van der Waals surface area contributed by atoms with Crippen LogP contribution in [-0.2, 0) is 17.5 Å². The first kappa shape index (κ1) is 14.5. The van der Waals surface area contributed by atoms with E-state index in [2.05, 4.69) is 4.74 Å². The summed E-state index contributed by atoms with van der Waals surface area (Å²) in [6.45, 7) is 0.149. The Hall–Kier alpha value is -1.56. The summed E-state index contributed by atoms with van der Waals surface area (Å²) < 4.78 is 43.0. The molecule has 0 unspecified atom stereocenters. The lowest BCUT2D eigenvalue weighted by molar-refractivity contribution is -0.138. The van der Waals surface area contributed by atoms with Crippen LogP contribution in [-0.4, -0.2) is 32.1 Å². The number of carbonyl (C=O) groups is 1. The van der Waals surface area contributed by atoms with E-state index in [9.17, 15) is 18.0 Å². The predicted molar refractivity (Wildman–Crippen MR) is 60.2 cm³/mol. The van der Waals surface area contributed by atoms with Gasteiger partial charge < -0.3 is 9.64 Å². The van der Waals surface area contributed by atoms with E-state index in [-0.39, 0.29) is 17.7 Å². The molecule has 0 saturated carbocycles. The fourth-order valence-corrected chi connectivity index (χ4v) is 1.56. The fraction of sp³-hybridized carbons (Fsp3) is 0.417. The lowest BCUT2D eigenvalue weighted by atomic mass is 10.0. The van der Waals surface area contributed by atoms with Gasteiger partial charge in [-0.3, -0.25) is 0 Å². The van der Waals surface area contributed by atoms with Crippen molar-refractivity contribution in [2.45, 2.75) is 12.7 Å². The minimum absolute atomic E-state index is 0.104. The molecule has 0 N–H and O–H groups in total. The van der Waals surface area contributed by atoms with Gasteiger partial charge in [-0.2, -0.15) is 13.2 Å². The Bertz CT molecular complexity index is 441. The number of hydrogen-bond acceptors (Lipinski definition) is 3. The molecule has 0 aliphatic carbocycles. The molecule has 0 fully saturated rings. The van der Waals surface area contributed by atoms with Crippen molar-refractivity contribution in [3.63, 3.8) is 0 Å². The smallest absolute Gasteiger partial charge is 0.416 e. The molecule has 1 aromatic carbocycles. The molecule has 0 atom stereocenters. The van der Waals surface area contributed by atoms with Crippen LogP contribution in [0.2, 0.25) is 0 Å². The maximum atomic E-state index is 12.9. The molecule has 18 heavy (non-hydrogen) atoms. The third-order valence-corrected chi connectivity index (χ3v) is 2.32. The molecule has 1 aromatic rings. The van der Waals surface area contributed by atoms with Crippen LogP contribution in [0.4, 0.5) is 13.2 Å². The standard InChI is InChI=1S/C12H14F3NO2/c1-16(2)7-9-5-4-8(11(17)18-3)6-10(9)12(13,14)15/h4-6H,7H2,1-3H3. The van der Waals surface area contributed by atoms with Crippen molar-refractivity contribution in [2.24, 2.45) is 0 Å². The van der Waals surface area contributed by atoms with Gasteiger partial charge >= 0.3 is 12.1 Å². The largest absolute Gasteiger partial charge is 0.465 e. The molecule has 100 valence electrons. The van der Waals surface area contributed by atoms with Crippen LogP contribution in [0.1, 0.15) is 21.5 Å². The Morgan fingerprint density at radius 2 is 1.94 bits per heavy atom. The van der Waals surface area contributed by atoms with Crippen molar-refractivity contribution in [2.75, 3.05) is 21.2 Å². The Kier molecular flexibility index (Phi) is 4.34. The normalized spacial score (nSPS) is 11.7. The van der Waals surface area contributed by atoms with E-state index < -0.39 is 17.7 Å². The Labute approximate surface area is 103 Å². The topological polar surface area (TPSA) is 29.5 Å². The third-order valence-electron chi connectivity index (χ3n) is 2.32. The SMILES string of the molecule is COC(=O)c1ccc(CN(C)C)c(C(F)(F)F)c1. The first-order valence-electron chi connectivity index (χ1n) is 5.19. The molecule has 0 saturated heterocycles. The van der Waals surface area contributed by atoms with Crippen molar-refractivity contribution in [1.82, 2.24) is 4.90 Å². The van der Waals surface area contributed by atoms with Crippen molar-refractivity contribution in [3.8, 4) is 0 Å². The van der Waals surface area contributed by atoms with E-state index in [4.69, 9.17) is 0 Å². The molecular weight excluding hydrogens is 247 g/mol. The summed E-state index contributed by atoms with van der Waals surface area (Å²) in [7, 11) is 4.48. The van der Waals surface area contributed by atoms with Crippen molar-refractivity contribution < 1.29 is 22.7 Å². The number of benzene rings is 1. The lowest BCUT2D eigenvalue weighted by Gasteiger charge is -2.17. The van der Waals surface area contributed by atoms with E-state index in [1.165, 1.54) is 12.1 Å². The maximum Gasteiger partial charge on any atom is 0.416 e. The zero-order valence-electron chi connectivity index (χ0n) is 10.3. The van der Waals surface area contributed by atoms with Gasteiger partial charge in [0.05, 0.1) is 18.2 Å². The van der Waals surface area contributed by atoms with Gasteiger partial charge in [0.25, 0.3) is 0 Å². The minimum atomic E-state index is -4.49. The summed E-state index contributed by atoms with van der Waals surface area (Å²) in [5.74, 6) is -0.781. The first-order chi connectivity index (χ1) is 8.25. The molecule has 1 rings (SSSR count). The second-order valence-corrected chi connectivity index (χ2v) is 4.10. The van der Waals surface area contributed by atoms with Crippen molar-refractivity contribution >= 4 is 5.97 Å². The third kappa shape index (κ3) is 3.46. The van der Waals surface area contributed by atoms with Gasteiger partial charge in [-0.05, 0) is 31.8 Å². The highest BCUT2D eigenvalue weighted by atomic mass is 19.4. The summed E-state index contributed by atoms with van der Waals surface area (Å²) in [5, 5.41) is 0. The second kappa shape index (κ2) is 5.39. The molecule has 0 heterocycles. The molecule has 0 spiro atoms. The van der Waals surface area contributed by atoms with Crippen LogP contribution in [0.15, 0.2) is 18.2 Å². The highest BCUT2D eigenvalue weighted by Gasteiger charge is 2.34. The highest BCUT2D eigenvalue weighted by molar-refractivity contribution is 5.89. The van der Waals surface area contributed by atoms with E-state index in [0.29, 0.717) is 0 Å². The number of halogens is 3. The zero-order chi connectivity index (χ0) is 13.9. The van der Waals surface area contributed by atoms with E-state index in [1.807, 2.05) is 0 Å². The summed E-state index contributed by atoms with van der Waals surface area (Å²) in [6.07, 6.45) is -4.49. The molecule has 0 aromatic heterocycles. The quantitative estimate of drug-likeness (QED) is 0.783. The summed E-state index contributed by atoms with van der Waals surface area (Å²) >= 11 is 0. The average Bonchev–Trinajstić information content (AvgIpc) is 2.26. The van der Waals surface area contributed by atoms with Crippen molar-refractivity contribution in [3.05, 3.63) is 34.9 Å². The molecule has 0 aliphatic rings. The van der Waals surface area contributed by atoms with Crippen LogP contribution < -0.4 is 0 Å². The zero-order valence-corrected chi connectivity index (χ0v) is 10.3. The van der Waals surface area contributed by atoms with Gasteiger partial charge in [0.2, 0.25) is 0 Å². The predicted octanol–water partition coefficient (Wildman–Crippen LogP) is 2.55. The summed E-state index contributed by atoms with van der Waals surface area (Å²) in [6, 6.07) is 3.46. The van der Waals surface area contributed by atoms with Gasteiger partial charge in [0.15, 0.2) is 0 Å². The Morgan fingerprint density at radius 3 is 2.39 bits per heavy atom. The highest BCUT2D eigenvalue weighted by Crippen LogP contribution is 2.33. The Balaban J connectivity index is 3.25. The van der Waals surface area contributed by atoms with Crippen LogP contribution in [0.25, 0.3) is 0 Å². The lowest BCUT2D eigenvalue weighted by Crippen LogP contribution is -2.17. The number of esters is 1. The number of nitrogens with zero attached hydrogens (tertiary/aromatic N) is 1. The molecule has 3 nitrogen and oxygen atoms in total. The monoisotopic (exact) mass is 261 g/mol. The number of alkyl halides is 3. The van der Waals surface area contributed by atoms with Crippen molar-refractivity contribution in [1.29, 1.82) is 0 Å². The number of carbonyl (C=O) groups excluding carboxylic acids is 1. The van der Waals surface area contributed by atoms with Crippen LogP contribution in [0, 0.1) is 0 Å². The molecule has 0 radical (unpaired) electrons. The van der Waals surface area contributed by atoms with E-state index in [0.717, 1.165) is 13.2 Å². The molecule has 0 amide bonds. The molecule has 6 heteroatoms. The average molecular weight is 261 g/mol. The van der Waals surface area contributed by atoms with Gasteiger partial charge in [-0.25, -0.2) is 4.79 Å². The fourth-order valence-electron chi connectivity index (χ4n) is 1.56. The van der Waals surface area contributed by atoms with Crippen LogP contribution in [0.3, 0.4) is 0 Å². The van der Waals surface area contributed by atoms with Crippen LogP contribution in [0.5, 0.6) is 0 Å². The van der Waals surface area contributed by atoms with Crippen LogP contribution >= 0.6 is 0 Å².